The van der Waals surface area contributed by atoms with Crippen LogP contribution in [0.15, 0.2) is 11.4 Å². The van der Waals surface area contributed by atoms with Crippen LogP contribution in [0, 0.1) is 0 Å². The van der Waals surface area contributed by atoms with Gasteiger partial charge < -0.3 is 5.11 Å². The molecule has 16 heavy (non-hydrogen) atoms. The summed E-state index contributed by atoms with van der Waals surface area (Å²) in [5.41, 5.74) is -0.875. The Labute approximate surface area is 91.1 Å². The minimum atomic E-state index is -3.68. The number of hydrogen-bond donors (Lipinski definition) is 1. The van der Waals surface area contributed by atoms with Crippen molar-refractivity contribution < 1.29 is 23.1 Å². The Hall–Kier alpha value is -1.83. The van der Waals surface area contributed by atoms with E-state index in [2.05, 4.69) is 9.97 Å². The van der Waals surface area contributed by atoms with Gasteiger partial charge in [-0.05, 0) is 0 Å². The highest BCUT2D eigenvalue weighted by atomic mass is 32.2. The van der Waals surface area contributed by atoms with Crippen molar-refractivity contribution in [2.24, 2.45) is 0 Å². The standard InChI is InChI=1S/C8H8N2O5S/c1-2-16(14,15)8-9-3-5(4-11)6(10-8)7(12)13/h3-4H,2H2,1H3,(H,12,13). The molecule has 0 saturated heterocycles. The number of carboxylic acids is 1. The number of aromatic nitrogens is 2. The molecule has 0 aliphatic carbocycles. The molecule has 0 radical (unpaired) electrons. The Morgan fingerprint density at radius 1 is 1.56 bits per heavy atom. The number of carboxylic acid groups (broad SMARTS) is 1. The van der Waals surface area contributed by atoms with Crippen molar-refractivity contribution in [2.45, 2.75) is 12.1 Å². The number of carbonyl (C=O) groups is 2. The van der Waals surface area contributed by atoms with Gasteiger partial charge in [0.15, 0.2) is 12.0 Å². The summed E-state index contributed by atoms with van der Waals surface area (Å²) in [6.45, 7) is 1.38. The predicted molar refractivity (Wildman–Crippen MR) is 52.1 cm³/mol. The van der Waals surface area contributed by atoms with Crippen LogP contribution in [0.4, 0.5) is 0 Å². The lowest BCUT2D eigenvalue weighted by Crippen LogP contribution is -2.14. The van der Waals surface area contributed by atoms with Crippen LogP contribution in [-0.2, 0) is 9.84 Å². The first-order valence-electron chi connectivity index (χ1n) is 4.20. The lowest BCUT2D eigenvalue weighted by molar-refractivity contribution is 0.0686. The summed E-state index contributed by atoms with van der Waals surface area (Å²) in [7, 11) is -3.68. The minimum Gasteiger partial charge on any atom is -0.476 e. The van der Waals surface area contributed by atoms with Crippen molar-refractivity contribution in [1.29, 1.82) is 0 Å². The van der Waals surface area contributed by atoms with Crippen LogP contribution in [0.5, 0.6) is 0 Å². The molecule has 0 fully saturated rings. The maximum atomic E-state index is 11.4. The third-order valence-electron chi connectivity index (χ3n) is 1.78. The summed E-state index contributed by atoms with van der Waals surface area (Å²) in [5, 5.41) is 8.13. The largest absolute Gasteiger partial charge is 0.476 e. The van der Waals surface area contributed by atoms with E-state index in [1.807, 2.05) is 0 Å². The van der Waals surface area contributed by atoms with Crippen molar-refractivity contribution >= 4 is 22.1 Å². The van der Waals surface area contributed by atoms with Crippen LogP contribution in [0.2, 0.25) is 0 Å². The molecule has 0 atom stereocenters. The van der Waals surface area contributed by atoms with Gasteiger partial charge in [-0.1, -0.05) is 6.92 Å². The smallest absolute Gasteiger partial charge is 0.355 e. The lowest BCUT2D eigenvalue weighted by Gasteiger charge is -2.02. The second-order valence-electron chi connectivity index (χ2n) is 2.78. The molecule has 8 heteroatoms. The van der Waals surface area contributed by atoms with E-state index in [-0.39, 0.29) is 17.6 Å². The molecule has 1 N–H and O–H groups in total. The first kappa shape index (κ1) is 12.2. The van der Waals surface area contributed by atoms with E-state index >= 15 is 0 Å². The van der Waals surface area contributed by atoms with Gasteiger partial charge in [-0.15, -0.1) is 0 Å². The van der Waals surface area contributed by atoms with E-state index < -0.39 is 26.7 Å². The number of carbonyl (C=O) groups excluding carboxylic acids is 1. The molecule has 86 valence electrons. The number of nitrogens with zero attached hydrogens (tertiary/aromatic N) is 2. The molecule has 0 aromatic carbocycles. The van der Waals surface area contributed by atoms with Crippen LogP contribution in [0.1, 0.15) is 27.8 Å². The van der Waals surface area contributed by atoms with Crippen LogP contribution in [-0.4, -0.2) is 41.5 Å². The van der Waals surface area contributed by atoms with Crippen molar-refractivity contribution in [1.82, 2.24) is 9.97 Å². The number of sulfone groups is 1. The number of hydrogen-bond acceptors (Lipinski definition) is 6. The first-order valence-corrected chi connectivity index (χ1v) is 5.86. The second-order valence-corrected chi connectivity index (χ2v) is 4.95. The average Bonchev–Trinajstić information content (AvgIpc) is 2.28. The third kappa shape index (κ3) is 2.22. The molecule has 0 saturated carbocycles. The number of aromatic carboxylic acids is 1. The van der Waals surface area contributed by atoms with E-state index in [9.17, 15) is 18.0 Å². The molecule has 0 spiro atoms. The van der Waals surface area contributed by atoms with Crippen LogP contribution < -0.4 is 0 Å². The fourth-order valence-corrected chi connectivity index (χ4v) is 1.61. The molecule has 7 nitrogen and oxygen atoms in total. The summed E-state index contributed by atoms with van der Waals surface area (Å²) in [6, 6.07) is 0. The van der Waals surface area contributed by atoms with Gasteiger partial charge in [0, 0.05) is 6.20 Å². The Balaban J connectivity index is 3.45. The fraction of sp³-hybridized carbons (Fsp3) is 0.250. The van der Waals surface area contributed by atoms with E-state index in [0.29, 0.717) is 0 Å². The van der Waals surface area contributed by atoms with Gasteiger partial charge in [-0.2, -0.15) is 0 Å². The number of rotatable bonds is 4. The average molecular weight is 244 g/mol. The molecule has 0 aliphatic rings. The molecule has 1 heterocycles. The Bertz CT molecular complexity index is 537. The van der Waals surface area contributed by atoms with Gasteiger partial charge in [-0.25, -0.2) is 23.2 Å². The second kappa shape index (κ2) is 4.35. The Morgan fingerprint density at radius 3 is 2.62 bits per heavy atom. The molecule has 1 rings (SSSR count). The maximum absolute atomic E-state index is 11.4. The van der Waals surface area contributed by atoms with E-state index in [0.717, 1.165) is 6.20 Å². The lowest BCUT2D eigenvalue weighted by atomic mass is 10.2. The SMILES string of the molecule is CCS(=O)(=O)c1ncc(C=O)c(C(=O)O)n1. The highest BCUT2D eigenvalue weighted by molar-refractivity contribution is 7.91. The number of aldehydes is 1. The monoisotopic (exact) mass is 244 g/mol. The van der Waals surface area contributed by atoms with Gasteiger partial charge in [0.25, 0.3) is 0 Å². The normalized spacial score (nSPS) is 11.1. The molecular formula is C8H8N2O5S. The van der Waals surface area contributed by atoms with Gasteiger partial charge >= 0.3 is 5.97 Å². The van der Waals surface area contributed by atoms with Gasteiger partial charge in [0.2, 0.25) is 15.0 Å². The summed E-state index contributed by atoms with van der Waals surface area (Å²) < 4.78 is 22.7. The van der Waals surface area contributed by atoms with Crippen LogP contribution >= 0.6 is 0 Å². The molecular weight excluding hydrogens is 236 g/mol. The highest BCUT2D eigenvalue weighted by Gasteiger charge is 2.20. The molecule has 0 bridgehead atoms. The summed E-state index contributed by atoms with van der Waals surface area (Å²) in [6.07, 6.45) is 1.14. The molecule has 0 unspecified atom stereocenters. The van der Waals surface area contributed by atoms with Crippen molar-refractivity contribution in [3.05, 3.63) is 17.5 Å². The van der Waals surface area contributed by atoms with Crippen molar-refractivity contribution in [3.8, 4) is 0 Å². The zero-order valence-corrected chi connectivity index (χ0v) is 9.06. The molecule has 1 aromatic heterocycles. The molecule has 1 aromatic rings. The van der Waals surface area contributed by atoms with E-state index in [4.69, 9.17) is 5.11 Å². The summed E-state index contributed by atoms with van der Waals surface area (Å²) in [4.78, 5) is 28.0. The van der Waals surface area contributed by atoms with E-state index in [1.165, 1.54) is 6.92 Å². The Morgan fingerprint density at radius 2 is 2.19 bits per heavy atom. The fourth-order valence-electron chi connectivity index (χ4n) is 0.911. The topological polar surface area (TPSA) is 114 Å². The predicted octanol–water partition coefficient (Wildman–Crippen LogP) is -0.219. The summed E-state index contributed by atoms with van der Waals surface area (Å²) >= 11 is 0. The zero-order valence-electron chi connectivity index (χ0n) is 8.24. The first-order chi connectivity index (χ1) is 7.42. The zero-order chi connectivity index (χ0) is 12.3. The van der Waals surface area contributed by atoms with Crippen LogP contribution in [0.25, 0.3) is 0 Å². The van der Waals surface area contributed by atoms with E-state index in [1.54, 1.807) is 0 Å². The van der Waals surface area contributed by atoms with Crippen molar-refractivity contribution in [2.75, 3.05) is 5.75 Å². The highest BCUT2D eigenvalue weighted by Crippen LogP contribution is 2.08. The van der Waals surface area contributed by atoms with Gasteiger partial charge in [-0.3, -0.25) is 4.79 Å². The summed E-state index contributed by atoms with van der Waals surface area (Å²) in [5.74, 6) is -1.72. The van der Waals surface area contributed by atoms with Crippen LogP contribution in [0.3, 0.4) is 0 Å². The van der Waals surface area contributed by atoms with Gasteiger partial charge in [0.05, 0.1) is 11.3 Å². The Kier molecular flexibility index (Phi) is 3.33. The molecule has 0 amide bonds. The molecule has 0 aliphatic heterocycles. The van der Waals surface area contributed by atoms with Gasteiger partial charge in [0.1, 0.15) is 0 Å². The third-order valence-corrected chi connectivity index (χ3v) is 3.30. The quantitative estimate of drug-likeness (QED) is 0.575. The van der Waals surface area contributed by atoms with Crippen molar-refractivity contribution in [3.63, 3.8) is 0 Å². The minimum absolute atomic E-state index is 0.244. The maximum Gasteiger partial charge on any atom is 0.355 e.